The van der Waals surface area contributed by atoms with Crippen LogP contribution in [0, 0.1) is 38.2 Å². The van der Waals surface area contributed by atoms with Gasteiger partial charge in [0.25, 0.3) is 11.8 Å². The fourth-order valence-electron chi connectivity index (χ4n) is 6.28. The van der Waals surface area contributed by atoms with Crippen molar-refractivity contribution >= 4 is 11.8 Å². The molecule has 8 rings (SSSR count). The highest BCUT2D eigenvalue weighted by Gasteiger charge is 2.36. The second-order valence-corrected chi connectivity index (χ2v) is 15.3. The van der Waals surface area contributed by atoms with Gasteiger partial charge in [-0.25, -0.2) is 19.1 Å². The molecule has 13 heteroatoms. The van der Waals surface area contributed by atoms with Crippen LogP contribution in [0.4, 0.5) is 13.2 Å². The lowest BCUT2D eigenvalue weighted by Gasteiger charge is -2.14. The summed E-state index contributed by atoms with van der Waals surface area (Å²) in [7, 11) is 0. The average molecular weight is 899 g/mol. The number of nitrogens with two attached hydrogens (primary N) is 1. The van der Waals surface area contributed by atoms with Gasteiger partial charge in [-0.3, -0.25) is 19.3 Å². The lowest BCUT2D eigenvalue weighted by molar-refractivity contribution is -0.101. The molecule has 1 aliphatic heterocycles. The van der Waals surface area contributed by atoms with Crippen LogP contribution in [0.5, 0.6) is 17.2 Å². The van der Waals surface area contributed by atoms with Gasteiger partial charge in [0.2, 0.25) is 0 Å². The van der Waals surface area contributed by atoms with Crippen LogP contribution in [0.15, 0.2) is 152 Å². The Hall–Kier alpha value is -7.29. The van der Waals surface area contributed by atoms with Crippen LogP contribution in [-0.4, -0.2) is 22.0 Å². The van der Waals surface area contributed by atoms with Crippen molar-refractivity contribution in [2.24, 2.45) is 5.90 Å². The molecule has 0 bridgehead atoms. The zero-order valence-corrected chi connectivity index (χ0v) is 36.6. The van der Waals surface area contributed by atoms with Gasteiger partial charge in [-0.15, -0.1) is 5.06 Å². The minimum atomic E-state index is -0.552. The molecule has 1 aliphatic rings. The number of halogens is 3. The van der Waals surface area contributed by atoms with Gasteiger partial charge < -0.3 is 19.3 Å². The Morgan fingerprint density at radius 3 is 1.15 bits per heavy atom. The molecule has 0 saturated carbocycles. The van der Waals surface area contributed by atoms with Gasteiger partial charge >= 0.3 is 0 Å². The summed E-state index contributed by atoms with van der Waals surface area (Å²) in [5.74, 6) is 3.78. The van der Waals surface area contributed by atoms with E-state index in [0.717, 1.165) is 22.3 Å². The maximum absolute atomic E-state index is 14.4. The lowest BCUT2D eigenvalue weighted by Crippen LogP contribution is -2.29. The predicted octanol–water partition coefficient (Wildman–Crippen LogP) is 10.7. The molecule has 0 atom stereocenters. The maximum Gasteiger partial charge on any atom is 0.285 e. The van der Waals surface area contributed by atoms with Crippen molar-refractivity contribution in [3.8, 4) is 17.2 Å². The highest BCUT2D eigenvalue weighted by Crippen LogP contribution is 2.25. The Bertz CT molecular complexity index is 2680. The molecule has 0 fully saturated rings. The molecule has 340 valence electrons. The van der Waals surface area contributed by atoms with Crippen LogP contribution in [0.25, 0.3) is 0 Å². The van der Waals surface area contributed by atoms with Gasteiger partial charge in [0.15, 0.2) is 0 Å². The van der Waals surface area contributed by atoms with Crippen molar-refractivity contribution in [1.82, 2.24) is 5.06 Å². The first-order valence-corrected chi connectivity index (χ1v) is 20.8. The van der Waals surface area contributed by atoms with Crippen molar-refractivity contribution in [2.75, 3.05) is 0 Å². The third-order valence-corrected chi connectivity index (χ3v) is 10.2. The predicted molar refractivity (Wildman–Crippen MR) is 242 cm³/mol. The first-order chi connectivity index (χ1) is 31.9. The normalized spacial score (nSPS) is 11.5. The molecule has 7 aromatic carbocycles. The molecular weight excluding hydrogens is 850 g/mol. The molecule has 1 heterocycles. The number of hydroxylamine groups is 2. The SMILES string of the molecule is Cc1ccc(COc2ccc(CO)c(F)c2)cc1.Cc1ccc(COc2ccc(CON)c(F)c2)cc1.Cc1ccc(COc2ccc(CON3C(=O)c4ccccc4C3=O)c(F)c2)cc1. The highest BCUT2D eigenvalue weighted by molar-refractivity contribution is 6.20. The minimum absolute atomic E-state index is 0.0457. The summed E-state index contributed by atoms with van der Waals surface area (Å²) < 4.78 is 58.0. The fraction of sp³-hybridized carbons (Fsp3) is 0.170. The number of aliphatic hydroxyl groups is 1. The van der Waals surface area contributed by atoms with E-state index in [1.807, 2.05) is 93.6 Å². The highest BCUT2D eigenvalue weighted by atomic mass is 19.1. The molecule has 2 amide bonds. The summed E-state index contributed by atoms with van der Waals surface area (Å²) in [4.78, 5) is 34.3. The van der Waals surface area contributed by atoms with E-state index in [-0.39, 0.29) is 47.9 Å². The maximum atomic E-state index is 14.4. The lowest BCUT2D eigenvalue weighted by atomic mass is 10.1. The van der Waals surface area contributed by atoms with E-state index < -0.39 is 23.4 Å². The van der Waals surface area contributed by atoms with Gasteiger partial charge in [0, 0.05) is 34.9 Å². The Morgan fingerprint density at radius 2 is 0.818 bits per heavy atom. The van der Waals surface area contributed by atoms with E-state index in [0.29, 0.717) is 47.7 Å². The third kappa shape index (κ3) is 13.6. The topological polar surface area (TPSA) is 130 Å². The quantitative estimate of drug-likeness (QED) is 0.0763. The Labute approximate surface area is 381 Å². The second kappa shape index (κ2) is 23.6. The number of fused-ring (bicyclic) bond motifs is 1. The number of carbonyl (C=O) groups is 2. The summed E-state index contributed by atoms with van der Waals surface area (Å²) in [6.07, 6.45) is 0. The van der Waals surface area contributed by atoms with Crippen molar-refractivity contribution in [3.05, 3.63) is 230 Å². The molecule has 0 aliphatic carbocycles. The summed E-state index contributed by atoms with van der Waals surface area (Å²) in [6, 6.07) is 43.8. The van der Waals surface area contributed by atoms with Crippen LogP contribution in [0.3, 0.4) is 0 Å². The molecule has 7 aromatic rings. The molecule has 0 spiro atoms. The van der Waals surface area contributed by atoms with Gasteiger partial charge in [0.1, 0.15) is 61.1 Å². The fourth-order valence-corrected chi connectivity index (χ4v) is 6.28. The van der Waals surface area contributed by atoms with Gasteiger partial charge in [-0.1, -0.05) is 114 Å². The molecule has 10 nitrogen and oxygen atoms in total. The van der Waals surface area contributed by atoms with Crippen molar-refractivity contribution < 1.29 is 51.8 Å². The largest absolute Gasteiger partial charge is 0.489 e. The Kier molecular flexibility index (Phi) is 17.2. The van der Waals surface area contributed by atoms with Gasteiger partial charge in [-0.2, -0.15) is 0 Å². The molecular formula is C53H49F3N2O8. The number of benzene rings is 7. The monoisotopic (exact) mass is 898 g/mol. The number of rotatable bonds is 15. The number of amides is 2. The number of carbonyl (C=O) groups excluding carboxylic acids is 2. The molecule has 0 aromatic heterocycles. The average Bonchev–Trinajstić information content (AvgIpc) is 3.57. The second-order valence-electron chi connectivity index (χ2n) is 15.3. The summed E-state index contributed by atoms with van der Waals surface area (Å²) in [6.45, 7) is 6.67. The van der Waals surface area contributed by atoms with Gasteiger partial charge in [-0.05, 0) is 73.9 Å². The van der Waals surface area contributed by atoms with Crippen LogP contribution in [0.2, 0.25) is 0 Å². The number of aryl methyl sites for hydroxylation is 3. The molecule has 0 radical (unpaired) electrons. The van der Waals surface area contributed by atoms with Crippen molar-refractivity contribution in [2.45, 2.75) is 60.4 Å². The minimum Gasteiger partial charge on any atom is -0.489 e. The molecule has 3 N–H and O–H groups in total. The van der Waals surface area contributed by atoms with Crippen LogP contribution < -0.4 is 20.1 Å². The Balaban J connectivity index is 0.000000171. The number of hydrogen-bond donors (Lipinski definition) is 2. The Morgan fingerprint density at radius 1 is 0.470 bits per heavy atom. The van der Waals surface area contributed by atoms with Crippen LogP contribution in [0.1, 0.15) is 70.8 Å². The van der Waals surface area contributed by atoms with E-state index in [2.05, 4.69) is 4.84 Å². The number of ether oxygens (including phenoxy) is 3. The smallest absolute Gasteiger partial charge is 0.285 e. The first-order valence-electron chi connectivity index (χ1n) is 20.8. The standard InChI is InChI=1S/C23H18FNO4.C15H16FNO2.C15H15FO2/c1-15-6-8-16(9-7-15)13-28-18-11-10-17(21(24)12-18)14-29-25-22(26)19-4-2-3-5-20(19)23(25)27;1-11-2-4-12(5-3-11)9-18-14-7-6-13(10-19-17)15(16)8-14;1-11-2-4-12(5-3-11)10-18-14-7-6-13(9-17)15(16)8-14/h2-12H,13-14H2,1H3;2-8H,9-10,17H2,1H3;2-8,17H,9-10H2,1H3. The van der Waals surface area contributed by atoms with Crippen molar-refractivity contribution in [3.63, 3.8) is 0 Å². The molecule has 66 heavy (non-hydrogen) atoms. The zero-order valence-electron chi connectivity index (χ0n) is 36.6. The first kappa shape index (κ1) is 48.2. The van der Waals surface area contributed by atoms with E-state index in [9.17, 15) is 22.8 Å². The van der Waals surface area contributed by atoms with Crippen molar-refractivity contribution in [1.29, 1.82) is 0 Å². The number of nitrogens with zero attached hydrogens (tertiary/aromatic N) is 1. The van der Waals surface area contributed by atoms with E-state index >= 15 is 0 Å². The summed E-state index contributed by atoms with van der Waals surface area (Å²) in [5, 5.41) is 9.53. The van der Waals surface area contributed by atoms with Crippen LogP contribution >= 0.6 is 0 Å². The zero-order chi connectivity index (χ0) is 47.0. The summed E-state index contributed by atoms with van der Waals surface area (Å²) in [5.41, 5.74) is 8.05. The van der Waals surface area contributed by atoms with E-state index in [1.165, 1.54) is 41.5 Å². The van der Waals surface area contributed by atoms with Crippen LogP contribution in [-0.2, 0) is 49.3 Å². The third-order valence-electron chi connectivity index (χ3n) is 10.2. The van der Waals surface area contributed by atoms with Gasteiger partial charge in [0.05, 0.1) is 24.3 Å². The molecule has 0 saturated heterocycles. The number of aliphatic hydroxyl groups excluding tert-OH is 1. The number of imide groups is 1. The molecule has 0 unspecified atom stereocenters. The summed E-state index contributed by atoms with van der Waals surface area (Å²) >= 11 is 0. The van der Waals surface area contributed by atoms with E-state index in [1.54, 1.807) is 48.5 Å². The number of hydrogen-bond acceptors (Lipinski definition) is 9. The van der Waals surface area contributed by atoms with E-state index in [4.69, 9.17) is 30.1 Å².